The Labute approximate surface area is 101 Å². The molecule has 1 amide bonds. The minimum Gasteiger partial charge on any atom is -0.396 e. The maximum Gasteiger partial charge on any atom is 0.242 e. The molecule has 0 radical (unpaired) electrons. The fourth-order valence-corrected chi connectivity index (χ4v) is 1.50. The van der Waals surface area contributed by atoms with Gasteiger partial charge < -0.3 is 11.1 Å². The average Bonchev–Trinajstić information content (AvgIpc) is 2.54. The zero-order chi connectivity index (χ0) is 13.0. The summed E-state index contributed by atoms with van der Waals surface area (Å²) >= 11 is 0. The topological polar surface area (TPSA) is 72.9 Å². The molecule has 1 heterocycles. The summed E-state index contributed by atoms with van der Waals surface area (Å²) in [6.07, 6.45) is 5.99. The van der Waals surface area contributed by atoms with E-state index >= 15 is 0 Å². The van der Waals surface area contributed by atoms with Gasteiger partial charge in [-0.1, -0.05) is 12.8 Å². The van der Waals surface area contributed by atoms with Crippen molar-refractivity contribution >= 4 is 11.6 Å². The Morgan fingerprint density at radius 1 is 1.65 bits per heavy atom. The Morgan fingerprint density at radius 3 is 2.71 bits per heavy atom. The van der Waals surface area contributed by atoms with Gasteiger partial charge in [0.15, 0.2) is 0 Å². The Balaban J connectivity index is 2.69. The van der Waals surface area contributed by atoms with Gasteiger partial charge in [-0.15, -0.1) is 6.42 Å². The number of nitrogens with zero attached hydrogens (tertiary/aromatic N) is 2. The van der Waals surface area contributed by atoms with E-state index in [1.165, 1.54) is 0 Å². The molecule has 0 saturated heterocycles. The summed E-state index contributed by atoms with van der Waals surface area (Å²) in [4.78, 5) is 11.7. The zero-order valence-electron chi connectivity index (χ0n) is 10.4. The highest BCUT2D eigenvalue weighted by molar-refractivity contribution is 5.76. The van der Waals surface area contributed by atoms with Crippen LogP contribution < -0.4 is 11.1 Å². The summed E-state index contributed by atoms with van der Waals surface area (Å²) in [6, 6.07) is -0.225. The van der Waals surface area contributed by atoms with Gasteiger partial charge in [-0.25, -0.2) is 0 Å². The molecule has 1 atom stereocenters. The summed E-state index contributed by atoms with van der Waals surface area (Å²) in [7, 11) is 0. The number of carbonyl (C=O) groups excluding carboxylic acids is 1. The van der Waals surface area contributed by atoms with Gasteiger partial charge in [-0.2, -0.15) is 5.10 Å². The first kappa shape index (κ1) is 13.1. The lowest BCUT2D eigenvalue weighted by Crippen LogP contribution is -2.36. The zero-order valence-corrected chi connectivity index (χ0v) is 10.4. The maximum atomic E-state index is 11.7. The fraction of sp³-hybridized carbons (Fsp3) is 0.500. The van der Waals surface area contributed by atoms with E-state index < -0.39 is 0 Å². The molecule has 1 unspecified atom stereocenters. The van der Waals surface area contributed by atoms with Crippen LogP contribution in [0.4, 0.5) is 5.69 Å². The number of carbonyl (C=O) groups is 1. The van der Waals surface area contributed by atoms with E-state index in [1.54, 1.807) is 4.68 Å². The molecule has 0 aliphatic heterocycles. The molecular weight excluding hydrogens is 216 g/mol. The Morgan fingerprint density at radius 2 is 2.29 bits per heavy atom. The summed E-state index contributed by atoms with van der Waals surface area (Å²) in [5.74, 6) is 2.36. The third kappa shape index (κ3) is 3.00. The van der Waals surface area contributed by atoms with Gasteiger partial charge in [0.1, 0.15) is 6.54 Å². The molecule has 5 heteroatoms. The summed E-state index contributed by atoms with van der Waals surface area (Å²) in [5.41, 5.74) is 7.94. The third-order valence-corrected chi connectivity index (χ3v) is 2.68. The third-order valence-electron chi connectivity index (χ3n) is 2.68. The quantitative estimate of drug-likeness (QED) is 0.750. The number of anilines is 1. The fourth-order valence-electron chi connectivity index (χ4n) is 1.50. The highest BCUT2D eigenvalue weighted by Crippen LogP contribution is 2.14. The molecule has 92 valence electrons. The molecule has 0 aromatic carbocycles. The average molecular weight is 234 g/mol. The summed E-state index contributed by atoms with van der Waals surface area (Å²) < 4.78 is 1.59. The van der Waals surface area contributed by atoms with Crippen LogP contribution in [-0.4, -0.2) is 21.7 Å². The molecular formula is C12H18N4O. The van der Waals surface area contributed by atoms with E-state index in [4.69, 9.17) is 12.2 Å². The van der Waals surface area contributed by atoms with Crippen LogP contribution in [0.1, 0.15) is 24.7 Å². The molecule has 0 saturated carbocycles. The highest BCUT2D eigenvalue weighted by atomic mass is 16.2. The number of nitrogens with one attached hydrogen (secondary N) is 1. The molecule has 17 heavy (non-hydrogen) atoms. The molecule has 0 aliphatic rings. The van der Waals surface area contributed by atoms with Crippen molar-refractivity contribution in [3.63, 3.8) is 0 Å². The van der Waals surface area contributed by atoms with Crippen molar-refractivity contribution in [3.05, 3.63) is 11.4 Å². The molecule has 0 fully saturated rings. The van der Waals surface area contributed by atoms with Crippen molar-refractivity contribution in [3.8, 4) is 12.3 Å². The number of nitrogen functional groups attached to an aromatic ring is 1. The van der Waals surface area contributed by atoms with Crippen LogP contribution in [0.3, 0.4) is 0 Å². The van der Waals surface area contributed by atoms with Gasteiger partial charge >= 0.3 is 0 Å². The number of terminal acetylenes is 1. The van der Waals surface area contributed by atoms with Crippen molar-refractivity contribution in [2.24, 2.45) is 0 Å². The minimum absolute atomic E-state index is 0.141. The number of hydrogen-bond donors (Lipinski definition) is 2. The van der Waals surface area contributed by atoms with E-state index in [9.17, 15) is 4.79 Å². The van der Waals surface area contributed by atoms with Gasteiger partial charge in [0.05, 0.1) is 23.1 Å². The maximum absolute atomic E-state index is 11.7. The lowest BCUT2D eigenvalue weighted by atomic mass is 10.2. The monoisotopic (exact) mass is 234 g/mol. The lowest BCUT2D eigenvalue weighted by molar-refractivity contribution is -0.122. The Kier molecular flexibility index (Phi) is 4.16. The number of nitrogens with two attached hydrogens (primary N) is 1. The largest absolute Gasteiger partial charge is 0.396 e. The Bertz CT molecular complexity index is 456. The SMILES string of the molecule is C#CC(CC)NC(=O)Cn1nc(C)c(N)c1C. The van der Waals surface area contributed by atoms with E-state index in [0.717, 1.165) is 11.4 Å². The predicted molar refractivity (Wildman–Crippen MR) is 67.2 cm³/mol. The molecule has 0 spiro atoms. The van der Waals surface area contributed by atoms with Gasteiger partial charge in [-0.3, -0.25) is 9.48 Å². The van der Waals surface area contributed by atoms with Crippen molar-refractivity contribution in [2.45, 2.75) is 39.8 Å². The molecule has 0 aliphatic carbocycles. The predicted octanol–water partition coefficient (Wildman–Crippen LogP) is 0.610. The van der Waals surface area contributed by atoms with Gasteiger partial charge in [0.2, 0.25) is 5.91 Å². The number of amides is 1. The van der Waals surface area contributed by atoms with E-state index in [1.807, 2.05) is 20.8 Å². The molecule has 1 aromatic rings. The second-order valence-corrected chi connectivity index (χ2v) is 3.94. The highest BCUT2D eigenvalue weighted by Gasteiger charge is 2.13. The van der Waals surface area contributed by atoms with Crippen molar-refractivity contribution < 1.29 is 4.79 Å². The van der Waals surface area contributed by atoms with Crippen LogP contribution >= 0.6 is 0 Å². The molecule has 5 nitrogen and oxygen atoms in total. The lowest BCUT2D eigenvalue weighted by Gasteiger charge is -2.11. The van der Waals surface area contributed by atoms with Crippen molar-refractivity contribution in [1.29, 1.82) is 0 Å². The molecule has 1 aromatic heterocycles. The first-order valence-corrected chi connectivity index (χ1v) is 5.54. The van der Waals surface area contributed by atoms with Crippen LogP contribution in [-0.2, 0) is 11.3 Å². The van der Waals surface area contributed by atoms with E-state index in [0.29, 0.717) is 12.1 Å². The molecule has 1 rings (SSSR count). The normalized spacial score (nSPS) is 11.9. The Hall–Kier alpha value is -1.96. The first-order chi connectivity index (χ1) is 7.99. The van der Waals surface area contributed by atoms with Crippen molar-refractivity contribution in [1.82, 2.24) is 15.1 Å². The number of aromatic nitrogens is 2. The minimum atomic E-state index is -0.225. The number of aryl methyl sites for hydroxylation is 1. The summed E-state index contributed by atoms with van der Waals surface area (Å²) in [6.45, 7) is 5.71. The van der Waals surface area contributed by atoms with Crippen molar-refractivity contribution in [2.75, 3.05) is 5.73 Å². The van der Waals surface area contributed by atoms with Crippen LogP contribution in [0.5, 0.6) is 0 Å². The first-order valence-electron chi connectivity index (χ1n) is 5.54. The second-order valence-electron chi connectivity index (χ2n) is 3.94. The van der Waals surface area contributed by atoms with Gasteiger partial charge in [0, 0.05) is 0 Å². The van der Waals surface area contributed by atoms with Crippen LogP contribution in [0.15, 0.2) is 0 Å². The molecule has 0 bridgehead atoms. The van der Waals surface area contributed by atoms with Gasteiger partial charge in [-0.05, 0) is 20.3 Å². The van der Waals surface area contributed by atoms with Gasteiger partial charge in [0.25, 0.3) is 0 Å². The van der Waals surface area contributed by atoms with Crippen LogP contribution in [0.2, 0.25) is 0 Å². The molecule has 3 N–H and O–H groups in total. The van der Waals surface area contributed by atoms with E-state index in [-0.39, 0.29) is 18.5 Å². The van der Waals surface area contributed by atoms with Crippen LogP contribution in [0, 0.1) is 26.2 Å². The summed E-state index contributed by atoms with van der Waals surface area (Å²) in [5, 5.41) is 6.93. The number of hydrogen-bond acceptors (Lipinski definition) is 3. The smallest absolute Gasteiger partial charge is 0.242 e. The van der Waals surface area contributed by atoms with Crippen LogP contribution in [0.25, 0.3) is 0 Å². The second kappa shape index (κ2) is 5.39. The number of rotatable bonds is 4. The standard InChI is InChI=1S/C12H18N4O/c1-5-10(6-2)14-11(17)7-16-9(4)12(13)8(3)15-16/h1,10H,6-7,13H2,2-4H3,(H,14,17). The van der Waals surface area contributed by atoms with E-state index in [2.05, 4.69) is 16.3 Å².